The number of ketones is 1. The van der Waals surface area contributed by atoms with Gasteiger partial charge in [-0.2, -0.15) is 0 Å². The van der Waals surface area contributed by atoms with Crippen LogP contribution in [-0.4, -0.2) is 53.9 Å². The Morgan fingerprint density at radius 1 is 1.10 bits per heavy atom. The minimum absolute atomic E-state index is 0.0599. The van der Waals surface area contributed by atoms with E-state index in [4.69, 9.17) is 10.5 Å². The molecule has 1 aliphatic heterocycles. The number of rotatable bonds is 9. The number of nitrogens with one attached hydrogen (secondary N) is 3. The molecular formula is C32H40N4O4. The van der Waals surface area contributed by atoms with Crippen LogP contribution in [0.15, 0.2) is 54.7 Å². The van der Waals surface area contributed by atoms with Crippen molar-refractivity contribution in [3.05, 3.63) is 71.4 Å². The summed E-state index contributed by atoms with van der Waals surface area (Å²) >= 11 is 0. The molecule has 0 bridgehead atoms. The van der Waals surface area contributed by atoms with E-state index in [1.807, 2.05) is 48.7 Å². The zero-order valence-corrected chi connectivity index (χ0v) is 23.6. The third kappa shape index (κ3) is 5.18. The molecular weight excluding hydrogens is 504 g/mol. The average Bonchev–Trinajstić information content (AvgIpc) is 3.45. The highest BCUT2D eigenvalue weighted by Crippen LogP contribution is 2.57. The van der Waals surface area contributed by atoms with Crippen molar-refractivity contribution < 1.29 is 19.1 Å². The standard InChI is InChI=1S/C32H40N4O4/c1-4-40-27(37)18-23-22-10-5-7-11-24(22)32(13-15-34-16-14-32)28(23)29(38)26(36-30(39)31(2,3)33)17-20-19-35-25-12-8-6-9-21(20)25/h5-12,19,23,26,28,34-35H,4,13-18,33H2,1-3H3,(H,36,39)/t23?,26-,28+/m1/s1. The summed E-state index contributed by atoms with van der Waals surface area (Å²) in [6, 6.07) is 15.3. The number of aromatic nitrogens is 1. The number of hydrogen-bond donors (Lipinski definition) is 4. The highest BCUT2D eigenvalue weighted by atomic mass is 16.5. The molecule has 1 aromatic heterocycles. The summed E-state index contributed by atoms with van der Waals surface area (Å²) < 4.78 is 5.37. The van der Waals surface area contributed by atoms with E-state index in [0.29, 0.717) is 6.42 Å². The molecule has 5 rings (SSSR count). The fourth-order valence-electron chi connectivity index (χ4n) is 6.86. The fraction of sp³-hybridized carbons (Fsp3) is 0.469. The second kappa shape index (κ2) is 11.2. The van der Waals surface area contributed by atoms with E-state index in [1.54, 1.807) is 20.8 Å². The molecule has 1 aliphatic carbocycles. The fourth-order valence-corrected chi connectivity index (χ4v) is 6.86. The number of nitrogens with two attached hydrogens (primary N) is 1. The summed E-state index contributed by atoms with van der Waals surface area (Å²) in [4.78, 5) is 44.3. The number of amides is 1. The van der Waals surface area contributed by atoms with Crippen LogP contribution in [0.2, 0.25) is 0 Å². The molecule has 1 unspecified atom stereocenters. The van der Waals surface area contributed by atoms with E-state index in [1.165, 1.54) is 0 Å². The summed E-state index contributed by atoms with van der Waals surface area (Å²) in [5.74, 6) is -1.59. The number of ether oxygens (including phenoxy) is 1. The van der Waals surface area contributed by atoms with Crippen molar-refractivity contribution >= 4 is 28.6 Å². The zero-order valence-electron chi connectivity index (χ0n) is 23.6. The molecule has 1 fully saturated rings. The van der Waals surface area contributed by atoms with Crippen molar-refractivity contribution in [2.75, 3.05) is 19.7 Å². The smallest absolute Gasteiger partial charge is 0.306 e. The van der Waals surface area contributed by atoms with Gasteiger partial charge in [-0.15, -0.1) is 0 Å². The third-order valence-corrected chi connectivity index (χ3v) is 8.72. The van der Waals surface area contributed by atoms with Crippen molar-refractivity contribution in [1.29, 1.82) is 0 Å². The number of hydrogen-bond acceptors (Lipinski definition) is 6. The molecule has 1 spiro atoms. The molecule has 2 heterocycles. The van der Waals surface area contributed by atoms with Gasteiger partial charge in [0.1, 0.15) is 0 Å². The van der Waals surface area contributed by atoms with Crippen LogP contribution in [0.1, 0.15) is 62.6 Å². The van der Waals surface area contributed by atoms with E-state index in [2.05, 4.69) is 21.7 Å². The van der Waals surface area contributed by atoms with Crippen molar-refractivity contribution in [1.82, 2.24) is 15.6 Å². The van der Waals surface area contributed by atoms with E-state index in [0.717, 1.165) is 53.5 Å². The molecule has 1 saturated heterocycles. The Morgan fingerprint density at radius 2 is 1.80 bits per heavy atom. The Balaban J connectivity index is 1.59. The Labute approximate surface area is 235 Å². The zero-order chi connectivity index (χ0) is 28.5. The molecule has 0 saturated carbocycles. The number of aromatic amines is 1. The van der Waals surface area contributed by atoms with Gasteiger partial charge in [-0.3, -0.25) is 14.4 Å². The van der Waals surface area contributed by atoms with Gasteiger partial charge in [0.15, 0.2) is 5.78 Å². The molecule has 3 atom stereocenters. The number of para-hydroxylation sites is 1. The third-order valence-electron chi connectivity index (χ3n) is 8.72. The van der Waals surface area contributed by atoms with Crippen LogP contribution in [0.25, 0.3) is 10.9 Å². The summed E-state index contributed by atoms with van der Waals surface area (Å²) in [6.07, 6.45) is 3.89. The largest absolute Gasteiger partial charge is 0.466 e. The number of carbonyl (C=O) groups is 3. The highest BCUT2D eigenvalue weighted by molar-refractivity contribution is 5.96. The Bertz CT molecular complexity index is 1400. The van der Waals surface area contributed by atoms with Crippen LogP contribution in [0.3, 0.4) is 0 Å². The van der Waals surface area contributed by atoms with Gasteiger partial charge in [-0.25, -0.2) is 0 Å². The van der Waals surface area contributed by atoms with Gasteiger partial charge in [-0.1, -0.05) is 42.5 Å². The maximum absolute atomic E-state index is 14.9. The second-order valence-corrected chi connectivity index (χ2v) is 11.8. The predicted molar refractivity (Wildman–Crippen MR) is 155 cm³/mol. The molecule has 1 amide bonds. The second-order valence-electron chi connectivity index (χ2n) is 11.8. The number of esters is 1. The first-order valence-corrected chi connectivity index (χ1v) is 14.3. The van der Waals surface area contributed by atoms with Gasteiger partial charge in [0.2, 0.25) is 5.91 Å². The van der Waals surface area contributed by atoms with Gasteiger partial charge in [0, 0.05) is 40.8 Å². The molecule has 212 valence electrons. The van der Waals surface area contributed by atoms with Gasteiger partial charge in [-0.05, 0) is 69.5 Å². The van der Waals surface area contributed by atoms with E-state index >= 15 is 0 Å². The number of H-pyrrole nitrogens is 1. The van der Waals surface area contributed by atoms with Crippen molar-refractivity contribution in [3.63, 3.8) is 0 Å². The van der Waals surface area contributed by atoms with Crippen molar-refractivity contribution in [2.45, 2.75) is 69.4 Å². The molecule has 3 aromatic rings. The van der Waals surface area contributed by atoms with E-state index < -0.39 is 22.9 Å². The highest BCUT2D eigenvalue weighted by Gasteiger charge is 2.56. The first-order chi connectivity index (χ1) is 19.2. The van der Waals surface area contributed by atoms with Crippen LogP contribution in [0.5, 0.6) is 0 Å². The monoisotopic (exact) mass is 544 g/mol. The Morgan fingerprint density at radius 3 is 2.52 bits per heavy atom. The Kier molecular flexibility index (Phi) is 7.84. The SMILES string of the molecule is CCOC(=O)CC1c2ccccc2C2(CCNCC2)[C@@H]1C(=O)[C@@H](Cc1c[nH]c2ccccc12)NC(=O)C(C)(C)N. The summed E-state index contributed by atoms with van der Waals surface area (Å²) in [7, 11) is 0. The first-order valence-electron chi connectivity index (χ1n) is 14.3. The number of Topliss-reactive ketones (excluding diaryl/α,β-unsaturated/α-hetero) is 1. The lowest BCUT2D eigenvalue weighted by Crippen LogP contribution is -2.57. The number of piperidine rings is 1. The quantitative estimate of drug-likeness (QED) is 0.306. The maximum atomic E-state index is 14.9. The van der Waals surface area contributed by atoms with Gasteiger partial charge in [0.25, 0.3) is 0 Å². The summed E-state index contributed by atoms with van der Waals surface area (Å²) in [5.41, 5.74) is 8.67. The van der Waals surface area contributed by atoms with Gasteiger partial charge in [0.05, 0.1) is 24.6 Å². The van der Waals surface area contributed by atoms with Crippen LogP contribution in [0, 0.1) is 5.92 Å². The molecule has 2 aromatic carbocycles. The molecule has 8 heteroatoms. The van der Waals surface area contributed by atoms with E-state index in [9.17, 15) is 14.4 Å². The van der Waals surface area contributed by atoms with Gasteiger partial charge >= 0.3 is 5.97 Å². The Hall–Kier alpha value is -3.49. The minimum atomic E-state index is -1.16. The summed E-state index contributed by atoms with van der Waals surface area (Å²) in [6.45, 7) is 6.90. The topological polar surface area (TPSA) is 126 Å². The van der Waals surface area contributed by atoms with Crippen molar-refractivity contribution in [3.8, 4) is 0 Å². The lowest BCUT2D eigenvalue weighted by atomic mass is 9.64. The van der Waals surface area contributed by atoms with E-state index in [-0.39, 0.29) is 36.6 Å². The number of benzene rings is 2. The molecule has 2 aliphatic rings. The van der Waals surface area contributed by atoms with Crippen LogP contribution in [0.4, 0.5) is 0 Å². The molecule has 8 nitrogen and oxygen atoms in total. The normalized spacial score (nSPS) is 20.7. The lowest BCUT2D eigenvalue weighted by molar-refractivity contribution is -0.144. The maximum Gasteiger partial charge on any atom is 0.306 e. The minimum Gasteiger partial charge on any atom is -0.466 e. The van der Waals surface area contributed by atoms with Crippen molar-refractivity contribution in [2.24, 2.45) is 11.7 Å². The van der Waals surface area contributed by atoms with Crippen LogP contribution < -0.4 is 16.4 Å². The van der Waals surface area contributed by atoms with Gasteiger partial charge < -0.3 is 26.1 Å². The van der Waals surface area contributed by atoms with Crippen LogP contribution in [-0.2, 0) is 31.0 Å². The summed E-state index contributed by atoms with van der Waals surface area (Å²) in [5, 5.41) is 7.48. The lowest BCUT2D eigenvalue weighted by Gasteiger charge is -2.42. The number of fused-ring (bicyclic) bond motifs is 3. The molecule has 5 N–H and O–H groups in total. The molecule has 40 heavy (non-hydrogen) atoms. The predicted octanol–water partition coefficient (Wildman–Crippen LogP) is 3.49. The molecule has 0 radical (unpaired) electrons. The number of carbonyl (C=O) groups excluding carboxylic acids is 3. The first kappa shape index (κ1) is 28.1. The van der Waals surface area contributed by atoms with Crippen LogP contribution >= 0.6 is 0 Å². The average molecular weight is 545 g/mol.